The van der Waals surface area contributed by atoms with E-state index in [4.69, 9.17) is 9.47 Å². The van der Waals surface area contributed by atoms with Crippen LogP contribution in [0, 0.1) is 0 Å². The van der Waals surface area contributed by atoms with E-state index in [0.29, 0.717) is 12.8 Å². The molecule has 6 N–H and O–H groups in total. The molecule has 346 valence electrons. The Kier molecular flexibility index (Phi) is 38.3. The van der Waals surface area contributed by atoms with Gasteiger partial charge >= 0.3 is 0 Å². The lowest BCUT2D eigenvalue weighted by Gasteiger charge is -2.40. The number of ether oxygens (including phenoxy) is 2. The van der Waals surface area contributed by atoms with Crippen LogP contribution in [0.5, 0.6) is 0 Å². The van der Waals surface area contributed by atoms with Crippen molar-refractivity contribution in [2.45, 2.75) is 294 Å². The summed E-state index contributed by atoms with van der Waals surface area (Å²) in [6.07, 6.45) is 38.3. The van der Waals surface area contributed by atoms with E-state index >= 15 is 0 Å². The summed E-state index contributed by atoms with van der Waals surface area (Å²) in [6, 6.07) is -0.711. The average Bonchev–Trinajstić information content (AvgIpc) is 3.22. The third kappa shape index (κ3) is 30.3. The van der Waals surface area contributed by atoms with Crippen molar-refractivity contribution in [2.24, 2.45) is 0 Å². The molecule has 0 aromatic heterocycles. The summed E-state index contributed by atoms with van der Waals surface area (Å²) in [4.78, 5) is 13.0. The maximum absolute atomic E-state index is 13.0. The molecular formula is C49H97NO8. The molecule has 0 bridgehead atoms. The van der Waals surface area contributed by atoms with Gasteiger partial charge in [0, 0.05) is 6.42 Å². The van der Waals surface area contributed by atoms with Gasteiger partial charge in [-0.25, -0.2) is 0 Å². The second kappa shape index (κ2) is 40.3. The highest BCUT2D eigenvalue weighted by atomic mass is 16.7. The van der Waals surface area contributed by atoms with E-state index in [1.54, 1.807) is 0 Å². The topological polar surface area (TPSA) is 149 Å². The number of amides is 1. The van der Waals surface area contributed by atoms with Gasteiger partial charge in [-0.3, -0.25) is 4.79 Å². The molecule has 1 amide bonds. The van der Waals surface area contributed by atoms with E-state index in [-0.39, 0.29) is 12.5 Å². The van der Waals surface area contributed by atoms with E-state index < -0.39 is 49.5 Å². The molecule has 1 aliphatic rings. The molecule has 1 aliphatic heterocycles. The minimum absolute atomic E-state index is 0.131. The van der Waals surface area contributed by atoms with Gasteiger partial charge in [0.25, 0.3) is 0 Å². The molecule has 1 heterocycles. The van der Waals surface area contributed by atoms with Crippen LogP contribution in [0.1, 0.15) is 251 Å². The quantitative estimate of drug-likeness (QED) is 0.0333. The molecule has 7 unspecified atom stereocenters. The van der Waals surface area contributed by atoms with Gasteiger partial charge < -0.3 is 40.3 Å². The second-order valence-corrected chi connectivity index (χ2v) is 18.0. The summed E-state index contributed by atoms with van der Waals surface area (Å²) in [5.74, 6) is -0.139. The standard InChI is InChI=1S/C49H97NO8/c1-3-5-7-9-11-13-15-17-19-20-21-22-23-24-25-27-29-31-33-35-37-39-45(53)50-42(41-57-49-48(56)47(55)46(54)44(40-51)58-49)43(52)38-36-34-32-30-28-26-18-16-14-12-10-8-6-4-2/h42-44,46-49,51-52,54-56H,3-41H2,1-2H3,(H,50,53). The molecular weight excluding hydrogens is 731 g/mol. The van der Waals surface area contributed by atoms with Crippen molar-refractivity contribution in [3.63, 3.8) is 0 Å². The van der Waals surface area contributed by atoms with Gasteiger partial charge in [0.1, 0.15) is 24.4 Å². The number of carbonyl (C=O) groups excluding carboxylic acids is 1. The number of unbranched alkanes of at least 4 members (excludes halogenated alkanes) is 33. The van der Waals surface area contributed by atoms with E-state index in [1.807, 2.05) is 0 Å². The smallest absolute Gasteiger partial charge is 0.220 e. The van der Waals surface area contributed by atoms with Crippen LogP contribution in [0.3, 0.4) is 0 Å². The number of hydrogen-bond donors (Lipinski definition) is 6. The average molecular weight is 828 g/mol. The first-order valence-electron chi connectivity index (χ1n) is 25.2. The molecule has 0 saturated carbocycles. The Morgan fingerprint density at radius 3 is 1.22 bits per heavy atom. The highest BCUT2D eigenvalue weighted by Crippen LogP contribution is 2.23. The summed E-state index contributed by atoms with van der Waals surface area (Å²) >= 11 is 0. The molecule has 58 heavy (non-hydrogen) atoms. The van der Waals surface area contributed by atoms with Crippen LogP contribution < -0.4 is 5.32 Å². The molecule has 0 aliphatic carbocycles. The van der Waals surface area contributed by atoms with E-state index in [1.165, 1.54) is 186 Å². The van der Waals surface area contributed by atoms with Crippen LogP contribution in [0.4, 0.5) is 0 Å². The minimum Gasteiger partial charge on any atom is -0.394 e. The number of hydrogen-bond acceptors (Lipinski definition) is 8. The minimum atomic E-state index is -1.55. The van der Waals surface area contributed by atoms with E-state index in [2.05, 4.69) is 19.2 Å². The Labute approximate surface area is 357 Å². The third-order valence-corrected chi connectivity index (χ3v) is 12.5. The van der Waals surface area contributed by atoms with Gasteiger partial charge in [0.2, 0.25) is 5.91 Å². The molecule has 7 atom stereocenters. The number of carbonyl (C=O) groups is 1. The van der Waals surface area contributed by atoms with Crippen LogP contribution in [0.2, 0.25) is 0 Å². The van der Waals surface area contributed by atoms with E-state index in [0.717, 1.165) is 38.5 Å². The van der Waals surface area contributed by atoms with Crippen molar-refractivity contribution in [2.75, 3.05) is 13.2 Å². The Morgan fingerprint density at radius 2 is 0.862 bits per heavy atom. The number of aliphatic hydroxyl groups excluding tert-OH is 5. The predicted octanol–water partition coefficient (Wildman–Crippen LogP) is 11.1. The zero-order valence-corrected chi connectivity index (χ0v) is 38.1. The normalized spacial score (nSPS) is 20.7. The van der Waals surface area contributed by atoms with Crippen molar-refractivity contribution in [1.29, 1.82) is 0 Å². The van der Waals surface area contributed by atoms with Crippen molar-refractivity contribution in [3.05, 3.63) is 0 Å². The van der Waals surface area contributed by atoms with Crippen LogP contribution in [-0.4, -0.2) is 87.5 Å². The maximum Gasteiger partial charge on any atom is 0.220 e. The first kappa shape index (κ1) is 55.2. The molecule has 0 spiro atoms. The van der Waals surface area contributed by atoms with Gasteiger partial charge in [0.05, 0.1) is 25.4 Å². The summed E-state index contributed by atoms with van der Waals surface area (Å²) < 4.78 is 11.3. The monoisotopic (exact) mass is 828 g/mol. The number of rotatable bonds is 43. The maximum atomic E-state index is 13.0. The first-order chi connectivity index (χ1) is 28.3. The van der Waals surface area contributed by atoms with Crippen LogP contribution in [0.25, 0.3) is 0 Å². The summed E-state index contributed by atoms with van der Waals surface area (Å²) in [6.45, 7) is 3.86. The van der Waals surface area contributed by atoms with Crippen LogP contribution >= 0.6 is 0 Å². The van der Waals surface area contributed by atoms with Crippen molar-refractivity contribution in [1.82, 2.24) is 5.32 Å². The molecule has 1 rings (SSSR count). The fourth-order valence-corrected chi connectivity index (χ4v) is 8.40. The van der Waals surface area contributed by atoms with Gasteiger partial charge in [-0.1, -0.05) is 232 Å². The fraction of sp³-hybridized carbons (Fsp3) is 0.980. The Hall–Kier alpha value is -0.810. The molecule has 1 fully saturated rings. The van der Waals surface area contributed by atoms with Gasteiger partial charge in [-0.15, -0.1) is 0 Å². The van der Waals surface area contributed by atoms with Crippen LogP contribution in [0.15, 0.2) is 0 Å². The SMILES string of the molecule is CCCCCCCCCCCCCCCCCCCCCCCC(=O)NC(COC1OC(CO)C(O)C(O)C1O)C(O)CCCCCCCCCCCCCCCC. The summed E-state index contributed by atoms with van der Waals surface area (Å²) in [5.41, 5.74) is 0. The Morgan fingerprint density at radius 1 is 0.517 bits per heavy atom. The van der Waals surface area contributed by atoms with Crippen molar-refractivity contribution < 1.29 is 39.8 Å². The fourth-order valence-electron chi connectivity index (χ4n) is 8.40. The molecule has 9 heteroatoms. The largest absolute Gasteiger partial charge is 0.394 e. The lowest BCUT2D eigenvalue weighted by molar-refractivity contribution is -0.302. The number of nitrogens with one attached hydrogen (secondary N) is 1. The lowest BCUT2D eigenvalue weighted by Crippen LogP contribution is -2.60. The van der Waals surface area contributed by atoms with Gasteiger partial charge in [0.15, 0.2) is 6.29 Å². The molecule has 0 radical (unpaired) electrons. The van der Waals surface area contributed by atoms with Crippen molar-refractivity contribution in [3.8, 4) is 0 Å². The summed E-state index contributed by atoms with van der Waals surface area (Å²) in [5, 5.41) is 54.4. The molecule has 0 aromatic carbocycles. The number of aliphatic hydroxyl groups is 5. The van der Waals surface area contributed by atoms with Crippen LogP contribution in [-0.2, 0) is 14.3 Å². The highest BCUT2D eigenvalue weighted by Gasteiger charge is 2.44. The van der Waals surface area contributed by atoms with Gasteiger partial charge in [-0.05, 0) is 12.8 Å². The molecule has 1 saturated heterocycles. The van der Waals surface area contributed by atoms with E-state index in [9.17, 15) is 30.3 Å². The second-order valence-electron chi connectivity index (χ2n) is 18.0. The highest BCUT2D eigenvalue weighted by molar-refractivity contribution is 5.76. The zero-order valence-electron chi connectivity index (χ0n) is 38.1. The predicted molar refractivity (Wildman–Crippen MR) is 240 cm³/mol. The third-order valence-electron chi connectivity index (χ3n) is 12.5. The molecule has 9 nitrogen and oxygen atoms in total. The lowest BCUT2D eigenvalue weighted by atomic mass is 9.99. The zero-order chi connectivity index (χ0) is 42.3. The molecule has 0 aromatic rings. The summed E-state index contributed by atoms with van der Waals surface area (Å²) in [7, 11) is 0. The Balaban J connectivity index is 2.24. The first-order valence-corrected chi connectivity index (χ1v) is 25.2. The Bertz CT molecular complexity index is 878. The van der Waals surface area contributed by atoms with Gasteiger partial charge in [-0.2, -0.15) is 0 Å². The van der Waals surface area contributed by atoms with Crippen molar-refractivity contribution >= 4 is 5.91 Å².